The molecule has 0 spiro atoms. The van der Waals surface area contributed by atoms with Crippen molar-refractivity contribution in [2.24, 2.45) is 0 Å². The van der Waals surface area contributed by atoms with E-state index in [0.717, 1.165) is 22.4 Å². The van der Waals surface area contributed by atoms with E-state index in [9.17, 15) is 0 Å². The summed E-state index contributed by atoms with van der Waals surface area (Å²) < 4.78 is 10.5. The van der Waals surface area contributed by atoms with E-state index < -0.39 is 0 Å². The lowest BCUT2D eigenvalue weighted by Gasteiger charge is -2.17. The van der Waals surface area contributed by atoms with Crippen molar-refractivity contribution in [3.63, 3.8) is 0 Å². The third kappa shape index (κ3) is 3.02. The van der Waals surface area contributed by atoms with Crippen molar-refractivity contribution in [3.8, 4) is 11.5 Å². The van der Waals surface area contributed by atoms with E-state index in [1.807, 2.05) is 37.3 Å². The van der Waals surface area contributed by atoms with E-state index in [-0.39, 0.29) is 5.38 Å². The van der Waals surface area contributed by atoms with Crippen molar-refractivity contribution < 1.29 is 9.47 Å². The van der Waals surface area contributed by atoms with Crippen LogP contribution >= 0.6 is 23.2 Å². The molecular formula is C16H16Cl2O2. The van der Waals surface area contributed by atoms with Gasteiger partial charge >= 0.3 is 0 Å². The number of ether oxygens (including phenoxy) is 2. The van der Waals surface area contributed by atoms with E-state index in [1.54, 1.807) is 20.3 Å². The monoisotopic (exact) mass is 310 g/mol. The van der Waals surface area contributed by atoms with Crippen molar-refractivity contribution in [1.29, 1.82) is 0 Å². The third-order valence-corrected chi connectivity index (χ3v) is 3.94. The number of hydrogen-bond acceptors (Lipinski definition) is 2. The Labute approximate surface area is 129 Å². The molecule has 0 fully saturated rings. The fraction of sp³-hybridized carbons (Fsp3) is 0.250. The molecule has 2 aromatic carbocycles. The maximum atomic E-state index is 6.58. The Hall–Kier alpha value is -1.38. The molecule has 0 aromatic heterocycles. The Balaban J connectivity index is 2.45. The molecule has 0 aliphatic rings. The first kappa shape index (κ1) is 15.0. The summed E-state index contributed by atoms with van der Waals surface area (Å²) in [5, 5.41) is 0.205. The number of aryl methyl sites for hydroxylation is 1. The predicted octanol–water partition coefficient (Wildman–Crippen LogP) is 4.99. The molecule has 0 N–H and O–H groups in total. The number of rotatable bonds is 4. The summed E-state index contributed by atoms with van der Waals surface area (Å²) in [6.45, 7) is 2.02. The fourth-order valence-corrected chi connectivity index (χ4v) is 2.76. The summed E-state index contributed by atoms with van der Waals surface area (Å²) in [6.07, 6.45) is 0. The van der Waals surface area contributed by atoms with Gasteiger partial charge in [0, 0.05) is 10.6 Å². The minimum absolute atomic E-state index is 0.372. The van der Waals surface area contributed by atoms with Crippen LogP contribution in [0.15, 0.2) is 36.4 Å². The lowest BCUT2D eigenvalue weighted by atomic mass is 10.0. The first-order chi connectivity index (χ1) is 9.56. The van der Waals surface area contributed by atoms with Crippen molar-refractivity contribution in [2.45, 2.75) is 12.3 Å². The van der Waals surface area contributed by atoms with Gasteiger partial charge in [-0.3, -0.25) is 0 Å². The van der Waals surface area contributed by atoms with Gasteiger partial charge in [-0.05, 0) is 30.7 Å². The normalized spacial score (nSPS) is 12.1. The minimum atomic E-state index is -0.372. The van der Waals surface area contributed by atoms with E-state index in [4.69, 9.17) is 32.7 Å². The van der Waals surface area contributed by atoms with Crippen LogP contribution in [0.25, 0.3) is 0 Å². The highest BCUT2D eigenvalue weighted by atomic mass is 35.5. The van der Waals surface area contributed by atoms with Crippen LogP contribution < -0.4 is 9.47 Å². The van der Waals surface area contributed by atoms with Gasteiger partial charge < -0.3 is 9.47 Å². The van der Waals surface area contributed by atoms with Gasteiger partial charge in [0.05, 0.1) is 19.6 Å². The van der Waals surface area contributed by atoms with Crippen molar-refractivity contribution >= 4 is 23.2 Å². The summed E-state index contributed by atoms with van der Waals surface area (Å²) in [7, 11) is 3.24. The molecule has 2 nitrogen and oxygen atoms in total. The summed E-state index contributed by atoms with van der Waals surface area (Å²) in [4.78, 5) is 0. The summed E-state index contributed by atoms with van der Waals surface area (Å²) in [5.74, 6) is 1.46. The zero-order valence-electron chi connectivity index (χ0n) is 11.6. The molecule has 0 amide bonds. The van der Waals surface area contributed by atoms with E-state index in [0.29, 0.717) is 10.8 Å². The molecule has 4 heteroatoms. The zero-order valence-corrected chi connectivity index (χ0v) is 13.1. The van der Waals surface area contributed by atoms with Gasteiger partial charge in [0.2, 0.25) is 0 Å². The SMILES string of the molecule is COc1ccc(C(Cl)c2cc(C)ccc2OC)c(Cl)c1. The molecule has 0 saturated heterocycles. The van der Waals surface area contributed by atoms with E-state index in [2.05, 4.69) is 0 Å². The van der Waals surface area contributed by atoms with Gasteiger partial charge in [-0.2, -0.15) is 0 Å². The molecule has 0 saturated carbocycles. The smallest absolute Gasteiger partial charge is 0.123 e. The van der Waals surface area contributed by atoms with Gasteiger partial charge in [-0.25, -0.2) is 0 Å². The Kier molecular flexibility index (Phi) is 4.79. The van der Waals surface area contributed by atoms with Crippen molar-refractivity contribution in [3.05, 3.63) is 58.1 Å². The second-order valence-corrected chi connectivity index (χ2v) is 5.34. The Morgan fingerprint density at radius 2 is 1.70 bits per heavy atom. The Morgan fingerprint density at radius 3 is 2.30 bits per heavy atom. The van der Waals surface area contributed by atoms with Crippen LogP contribution in [0.2, 0.25) is 5.02 Å². The third-order valence-electron chi connectivity index (χ3n) is 3.14. The van der Waals surface area contributed by atoms with E-state index >= 15 is 0 Å². The van der Waals surface area contributed by atoms with Gasteiger partial charge in [-0.1, -0.05) is 35.4 Å². The average molecular weight is 311 g/mol. The second-order valence-electron chi connectivity index (χ2n) is 4.50. The molecule has 20 heavy (non-hydrogen) atoms. The summed E-state index contributed by atoms with van der Waals surface area (Å²) >= 11 is 12.9. The summed E-state index contributed by atoms with van der Waals surface area (Å²) in [6, 6.07) is 11.4. The highest BCUT2D eigenvalue weighted by Crippen LogP contribution is 2.39. The number of benzene rings is 2. The first-order valence-electron chi connectivity index (χ1n) is 6.19. The fourth-order valence-electron chi connectivity index (χ4n) is 2.06. The number of hydrogen-bond donors (Lipinski definition) is 0. The number of methoxy groups -OCH3 is 2. The molecule has 2 rings (SSSR count). The number of halogens is 2. The van der Waals surface area contributed by atoms with Crippen LogP contribution in [-0.2, 0) is 0 Å². The van der Waals surface area contributed by atoms with Crippen LogP contribution in [0.5, 0.6) is 11.5 Å². The van der Waals surface area contributed by atoms with Crippen LogP contribution in [0.4, 0.5) is 0 Å². The molecule has 1 atom stereocenters. The average Bonchev–Trinajstić information content (AvgIpc) is 2.46. The lowest BCUT2D eigenvalue weighted by Crippen LogP contribution is -1.99. The van der Waals surface area contributed by atoms with Gasteiger partial charge in [0.1, 0.15) is 11.5 Å². The standard InChI is InChI=1S/C16H16Cl2O2/c1-10-4-7-15(20-3)13(8-10)16(18)12-6-5-11(19-2)9-14(12)17/h4-9,16H,1-3H3. The molecule has 0 aliphatic heterocycles. The van der Waals surface area contributed by atoms with Crippen LogP contribution in [0.3, 0.4) is 0 Å². The highest BCUT2D eigenvalue weighted by Gasteiger charge is 2.18. The van der Waals surface area contributed by atoms with Crippen molar-refractivity contribution in [1.82, 2.24) is 0 Å². The zero-order chi connectivity index (χ0) is 14.7. The molecular weight excluding hydrogens is 295 g/mol. The molecule has 2 aromatic rings. The lowest BCUT2D eigenvalue weighted by molar-refractivity contribution is 0.410. The maximum Gasteiger partial charge on any atom is 0.123 e. The number of alkyl halides is 1. The van der Waals surface area contributed by atoms with Crippen LogP contribution in [0.1, 0.15) is 22.1 Å². The molecule has 106 valence electrons. The van der Waals surface area contributed by atoms with Gasteiger partial charge in [-0.15, -0.1) is 11.6 Å². The Bertz CT molecular complexity index is 611. The van der Waals surface area contributed by atoms with E-state index in [1.165, 1.54) is 0 Å². The van der Waals surface area contributed by atoms with Crippen LogP contribution in [0, 0.1) is 6.92 Å². The maximum absolute atomic E-state index is 6.58. The van der Waals surface area contributed by atoms with Crippen LogP contribution in [-0.4, -0.2) is 14.2 Å². The predicted molar refractivity (Wildman–Crippen MR) is 83.4 cm³/mol. The molecule has 1 unspecified atom stereocenters. The van der Waals surface area contributed by atoms with Gasteiger partial charge in [0.15, 0.2) is 0 Å². The van der Waals surface area contributed by atoms with Crippen molar-refractivity contribution in [2.75, 3.05) is 14.2 Å². The topological polar surface area (TPSA) is 18.5 Å². The highest BCUT2D eigenvalue weighted by molar-refractivity contribution is 6.33. The first-order valence-corrected chi connectivity index (χ1v) is 7.00. The molecule has 0 radical (unpaired) electrons. The summed E-state index contributed by atoms with van der Waals surface area (Å²) in [5.41, 5.74) is 2.86. The Morgan fingerprint density at radius 1 is 0.950 bits per heavy atom. The molecule has 0 aliphatic carbocycles. The quantitative estimate of drug-likeness (QED) is 0.740. The minimum Gasteiger partial charge on any atom is -0.497 e. The molecule has 0 bridgehead atoms. The largest absolute Gasteiger partial charge is 0.497 e. The second kappa shape index (κ2) is 6.38. The van der Waals surface area contributed by atoms with Gasteiger partial charge in [0.25, 0.3) is 0 Å². The molecule has 0 heterocycles.